The predicted octanol–water partition coefficient (Wildman–Crippen LogP) is 1.80. The summed E-state index contributed by atoms with van der Waals surface area (Å²) >= 11 is 0. The molecule has 0 saturated carbocycles. The van der Waals surface area contributed by atoms with Crippen molar-refractivity contribution in [3.8, 4) is 5.75 Å². The van der Waals surface area contributed by atoms with Crippen molar-refractivity contribution < 1.29 is 14.6 Å². The molecule has 2 heterocycles. The molecule has 2 aliphatic rings. The second kappa shape index (κ2) is 8.54. The minimum absolute atomic E-state index is 0.298. The van der Waals surface area contributed by atoms with Crippen LogP contribution in [0.4, 0.5) is 5.69 Å². The second-order valence-corrected chi connectivity index (χ2v) is 7.04. The Morgan fingerprint density at radius 1 is 1.16 bits per heavy atom. The van der Waals surface area contributed by atoms with Crippen LogP contribution in [0.1, 0.15) is 25.7 Å². The molecule has 0 amide bonds. The average molecular weight is 347 g/mol. The molecule has 0 spiro atoms. The van der Waals surface area contributed by atoms with Crippen LogP contribution in [0.3, 0.4) is 0 Å². The maximum Gasteiger partial charge on any atom is 0.341 e. The standard InChI is InChI=1S/C19H29N3O3/c1-21(15-6-10-20-11-7-15)16-8-12-22(13-9-16)17-2-4-18(5-3-17)25-14-19(23)24/h2-5,15-16,20H,6-14H2,1H3,(H,23,24). The molecule has 138 valence electrons. The summed E-state index contributed by atoms with van der Waals surface area (Å²) in [5.74, 6) is -0.351. The van der Waals surface area contributed by atoms with E-state index in [0.29, 0.717) is 11.8 Å². The Labute approximate surface area is 149 Å². The number of hydrogen-bond acceptors (Lipinski definition) is 5. The van der Waals surface area contributed by atoms with Gasteiger partial charge in [-0.15, -0.1) is 0 Å². The van der Waals surface area contributed by atoms with E-state index in [4.69, 9.17) is 9.84 Å². The third-order valence-electron chi connectivity index (χ3n) is 5.49. The lowest BCUT2D eigenvalue weighted by Gasteiger charge is -2.42. The molecular weight excluding hydrogens is 318 g/mol. The van der Waals surface area contributed by atoms with Crippen LogP contribution in [-0.4, -0.2) is 67.9 Å². The Hall–Kier alpha value is -1.79. The lowest BCUT2D eigenvalue weighted by atomic mass is 9.97. The zero-order valence-corrected chi connectivity index (χ0v) is 15.0. The molecule has 1 aromatic rings. The van der Waals surface area contributed by atoms with E-state index in [-0.39, 0.29) is 6.61 Å². The third-order valence-corrected chi connectivity index (χ3v) is 5.49. The summed E-state index contributed by atoms with van der Waals surface area (Å²) in [5, 5.41) is 12.1. The highest BCUT2D eigenvalue weighted by atomic mass is 16.5. The Bertz CT molecular complexity index is 550. The van der Waals surface area contributed by atoms with E-state index in [9.17, 15) is 4.79 Å². The molecule has 6 heteroatoms. The van der Waals surface area contributed by atoms with Gasteiger partial charge in [0.2, 0.25) is 0 Å². The molecular formula is C19H29N3O3. The monoisotopic (exact) mass is 347 g/mol. The molecule has 0 aromatic heterocycles. The summed E-state index contributed by atoms with van der Waals surface area (Å²) in [7, 11) is 2.30. The first-order valence-corrected chi connectivity index (χ1v) is 9.26. The molecule has 0 unspecified atom stereocenters. The van der Waals surface area contributed by atoms with Gasteiger partial charge in [0.25, 0.3) is 0 Å². The molecule has 0 radical (unpaired) electrons. The summed E-state index contributed by atoms with van der Waals surface area (Å²) < 4.78 is 5.20. The lowest BCUT2D eigenvalue weighted by molar-refractivity contribution is -0.139. The van der Waals surface area contributed by atoms with E-state index in [0.717, 1.165) is 32.2 Å². The van der Waals surface area contributed by atoms with Gasteiger partial charge in [-0.3, -0.25) is 0 Å². The fraction of sp³-hybridized carbons (Fsp3) is 0.632. The number of nitrogens with one attached hydrogen (secondary N) is 1. The summed E-state index contributed by atoms with van der Waals surface area (Å²) in [4.78, 5) is 15.6. The van der Waals surface area contributed by atoms with Crippen LogP contribution in [0, 0.1) is 0 Å². The van der Waals surface area contributed by atoms with Crippen LogP contribution in [-0.2, 0) is 4.79 Å². The number of anilines is 1. The van der Waals surface area contributed by atoms with Gasteiger partial charge >= 0.3 is 5.97 Å². The Kier molecular flexibility index (Phi) is 6.15. The Morgan fingerprint density at radius 3 is 2.36 bits per heavy atom. The van der Waals surface area contributed by atoms with Crippen LogP contribution in [0.15, 0.2) is 24.3 Å². The molecule has 6 nitrogen and oxygen atoms in total. The number of rotatable bonds is 6. The summed E-state index contributed by atoms with van der Waals surface area (Å²) in [6, 6.07) is 9.15. The number of aliphatic carboxylic acids is 1. The number of carboxylic acids is 1. The highest BCUT2D eigenvalue weighted by molar-refractivity contribution is 5.68. The first kappa shape index (κ1) is 18.0. The van der Waals surface area contributed by atoms with Crippen molar-refractivity contribution in [1.29, 1.82) is 0 Å². The van der Waals surface area contributed by atoms with Crippen LogP contribution in [0.5, 0.6) is 5.75 Å². The maximum atomic E-state index is 10.5. The zero-order chi connectivity index (χ0) is 17.6. The topological polar surface area (TPSA) is 65.0 Å². The minimum atomic E-state index is -0.955. The number of nitrogens with zero attached hydrogens (tertiary/aromatic N) is 2. The highest BCUT2D eigenvalue weighted by Crippen LogP contribution is 2.26. The molecule has 0 atom stereocenters. The Balaban J connectivity index is 1.49. The molecule has 0 bridgehead atoms. The molecule has 25 heavy (non-hydrogen) atoms. The van der Waals surface area contributed by atoms with Crippen molar-refractivity contribution in [2.45, 2.75) is 37.8 Å². The van der Waals surface area contributed by atoms with Crippen molar-refractivity contribution in [2.24, 2.45) is 0 Å². The first-order valence-electron chi connectivity index (χ1n) is 9.26. The van der Waals surface area contributed by atoms with Crippen molar-refractivity contribution >= 4 is 11.7 Å². The van der Waals surface area contributed by atoms with Crippen LogP contribution < -0.4 is 15.0 Å². The molecule has 1 aromatic carbocycles. The quantitative estimate of drug-likeness (QED) is 0.818. The van der Waals surface area contributed by atoms with Gasteiger partial charge in [-0.25, -0.2) is 4.79 Å². The van der Waals surface area contributed by atoms with Gasteiger partial charge in [0, 0.05) is 30.9 Å². The summed E-state index contributed by atoms with van der Waals surface area (Å²) in [5.41, 5.74) is 1.19. The van der Waals surface area contributed by atoms with Crippen LogP contribution >= 0.6 is 0 Å². The number of ether oxygens (including phenoxy) is 1. The van der Waals surface area contributed by atoms with Crippen molar-refractivity contribution in [1.82, 2.24) is 10.2 Å². The summed E-state index contributed by atoms with van der Waals surface area (Å²) in [6.07, 6.45) is 4.90. The molecule has 3 rings (SSSR count). The number of hydrogen-bond donors (Lipinski definition) is 2. The maximum absolute atomic E-state index is 10.5. The van der Waals surface area contributed by atoms with Gasteiger partial charge in [0.1, 0.15) is 5.75 Å². The largest absolute Gasteiger partial charge is 0.482 e. The molecule has 2 N–H and O–H groups in total. The number of carbonyl (C=O) groups is 1. The number of carboxylic acid groups (broad SMARTS) is 1. The van der Waals surface area contributed by atoms with Gasteiger partial charge < -0.3 is 25.0 Å². The normalized spacial score (nSPS) is 20.0. The van der Waals surface area contributed by atoms with E-state index in [2.05, 4.69) is 22.2 Å². The molecule has 0 aliphatic carbocycles. The van der Waals surface area contributed by atoms with E-state index >= 15 is 0 Å². The van der Waals surface area contributed by atoms with E-state index in [1.54, 1.807) is 0 Å². The summed E-state index contributed by atoms with van der Waals surface area (Å²) in [6.45, 7) is 4.12. The SMILES string of the molecule is CN(C1CCNCC1)C1CCN(c2ccc(OCC(=O)O)cc2)CC1. The highest BCUT2D eigenvalue weighted by Gasteiger charge is 2.27. The van der Waals surface area contributed by atoms with Gasteiger partial charge in [-0.1, -0.05) is 0 Å². The van der Waals surface area contributed by atoms with Gasteiger partial charge in [0.05, 0.1) is 0 Å². The molecule has 2 fully saturated rings. The lowest BCUT2D eigenvalue weighted by Crippen LogP contribution is -2.50. The second-order valence-electron chi connectivity index (χ2n) is 7.04. The first-order chi connectivity index (χ1) is 12.1. The van der Waals surface area contributed by atoms with E-state index in [1.165, 1.54) is 31.4 Å². The van der Waals surface area contributed by atoms with Crippen LogP contribution in [0.2, 0.25) is 0 Å². The third kappa shape index (κ3) is 4.86. The fourth-order valence-corrected chi connectivity index (χ4v) is 3.94. The van der Waals surface area contributed by atoms with Crippen molar-refractivity contribution in [3.63, 3.8) is 0 Å². The Morgan fingerprint density at radius 2 is 1.76 bits per heavy atom. The zero-order valence-electron chi connectivity index (χ0n) is 15.0. The fourth-order valence-electron chi connectivity index (χ4n) is 3.94. The van der Waals surface area contributed by atoms with Crippen LogP contribution in [0.25, 0.3) is 0 Å². The van der Waals surface area contributed by atoms with Crippen molar-refractivity contribution in [3.05, 3.63) is 24.3 Å². The smallest absolute Gasteiger partial charge is 0.341 e. The van der Waals surface area contributed by atoms with Gasteiger partial charge in [-0.2, -0.15) is 0 Å². The molecule has 2 saturated heterocycles. The van der Waals surface area contributed by atoms with Gasteiger partial charge in [0.15, 0.2) is 6.61 Å². The predicted molar refractivity (Wildman–Crippen MR) is 98.5 cm³/mol. The minimum Gasteiger partial charge on any atom is -0.482 e. The van der Waals surface area contributed by atoms with E-state index < -0.39 is 5.97 Å². The molecule has 2 aliphatic heterocycles. The number of benzene rings is 1. The van der Waals surface area contributed by atoms with Gasteiger partial charge in [-0.05, 0) is 70.1 Å². The van der Waals surface area contributed by atoms with Crippen molar-refractivity contribution in [2.75, 3.05) is 44.7 Å². The average Bonchev–Trinajstić information content (AvgIpc) is 2.67. The number of piperidine rings is 2. The van der Waals surface area contributed by atoms with E-state index in [1.807, 2.05) is 24.3 Å².